The summed E-state index contributed by atoms with van der Waals surface area (Å²) in [6, 6.07) is 5.91. The summed E-state index contributed by atoms with van der Waals surface area (Å²) in [5.41, 5.74) is 1.83. The summed E-state index contributed by atoms with van der Waals surface area (Å²) in [6.07, 6.45) is 9.92. The van der Waals surface area contributed by atoms with Crippen molar-refractivity contribution in [1.29, 1.82) is 0 Å². The smallest absolute Gasteiger partial charge is 0.254 e. The molecule has 1 unspecified atom stereocenters. The summed E-state index contributed by atoms with van der Waals surface area (Å²) in [4.78, 5) is 37.0. The van der Waals surface area contributed by atoms with E-state index in [9.17, 15) is 14.0 Å². The Bertz CT molecular complexity index is 957. The van der Waals surface area contributed by atoms with Crippen LogP contribution in [0.4, 0.5) is 4.39 Å². The van der Waals surface area contributed by atoms with E-state index >= 15 is 0 Å². The van der Waals surface area contributed by atoms with Crippen molar-refractivity contribution in [2.24, 2.45) is 5.92 Å². The molecule has 32 heavy (non-hydrogen) atoms. The maximum Gasteiger partial charge on any atom is 0.254 e. The number of carbonyl (C=O) groups is 2. The Morgan fingerprint density at radius 1 is 1.06 bits per heavy atom. The Kier molecular flexibility index (Phi) is 7.12. The number of likely N-dealkylation sites (tertiary alicyclic amines) is 1. The molecule has 0 spiro atoms. The number of piperidine rings is 1. The lowest BCUT2D eigenvalue weighted by Gasteiger charge is -2.38. The lowest BCUT2D eigenvalue weighted by Crippen LogP contribution is -2.43. The molecule has 1 aromatic carbocycles. The quantitative estimate of drug-likeness (QED) is 0.746. The summed E-state index contributed by atoms with van der Waals surface area (Å²) in [5, 5.41) is 2.84. The van der Waals surface area contributed by atoms with Gasteiger partial charge in [0.15, 0.2) is 5.82 Å². The molecule has 2 amide bonds. The van der Waals surface area contributed by atoms with Crippen molar-refractivity contribution in [3.05, 3.63) is 58.9 Å². The topological polar surface area (TPSA) is 75.2 Å². The molecule has 2 aliphatic rings. The van der Waals surface area contributed by atoms with E-state index in [4.69, 9.17) is 0 Å². The average Bonchev–Trinajstić information content (AvgIpc) is 2.83. The van der Waals surface area contributed by atoms with Crippen molar-refractivity contribution < 1.29 is 14.0 Å². The van der Waals surface area contributed by atoms with E-state index in [1.165, 1.54) is 18.6 Å². The third-order valence-electron chi connectivity index (χ3n) is 6.65. The third kappa shape index (κ3) is 5.14. The van der Waals surface area contributed by atoms with Gasteiger partial charge in [-0.05, 0) is 56.7 Å². The normalized spacial score (nSPS) is 19.6. The average molecular weight is 439 g/mol. The van der Waals surface area contributed by atoms with Crippen molar-refractivity contribution in [3.8, 4) is 0 Å². The van der Waals surface area contributed by atoms with E-state index in [-0.39, 0.29) is 29.6 Å². The minimum atomic E-state index is -0.307. The van der Waals surface area contributed by atoms with Crippen LogP contribution in [0.5, 0.6) is 0 Å². The molecule has 2 fully saturated rings. The van der Waals surface area contributed by atoms with Gasteiger partial charge in [-0.2, -0.15) is 0 Å². The summed E-state index contributed by atoms with van der Waals surface area (Å²) < 4.78 is 13.0. The van der Waals surface area contributed by atoms with Gasteiger partial charge < -0.3 is 10.2 Å². The van der Waals surface area contributed by atoms with Crippen molar-refractivity contribution in [1.82, 2.24) is 20.2 Å². The van der Waals surface area contributed by atoms with Gasteiger partial charge in [0.25, 0.3) is 5.91 Å². The molecule has 170 valence electrons. The van der Waals surface area contributed by atoms with Crippen LogP contribution in [0.2, 0.25) is 0 Å². The summed E-state index contributed by atoms with van der Waals surface area (Å²) in [6.45, 7) is 2.85. The van der Waals surface area contributed by atoms with Crippen LogP contribution in [-0.2, 0) is 11.3 Å². The number of aromatic nitrogens is 2. The number of nitrogens with zero attached hydrogens (tertiary/aromatic N) is 3. The van der Waals surface area contributed by atoms with Crippen LogP contribution in [0.1, 0.15) is 84.8 Å². The highest BCUT2D eigenvalue weighted by atomic mass is 19.1. The molecular formula is C25H31FN4O2. The second kappa shape index (κ2) is 10.2. The van der Waals surface area contributed by atoms with Gasteiger partial charge >= 0.3 is 0 Å². The second-order valence-electron chi connectivity index (χ2n) is 8.91. The van der Waals surface area contributed by atoms with Crippen LogP contribution in [0.25, 0.3) is 0 Å². The highest BCUT2D eigenvalue weighted by molar-refractivity contribution is 5.94. The van der Waals surface area contributed by atoms with Gasteiger partial charge in [0.2, 0.25) is 5.91 Å². The van der Waals surface area contributed by atoms with E-state index in [1.54, 1.807) is 25.3 Å². The fourth-order valence-corrected chi connectivity index (χ4v) is 4.80. The molecule has 1 aromatic heterocycles. The predicted molar refractivity (Wildman–Crippen MR) is 119 cm³/mol. The molecule has 0 radical (unpaired) electrons. The molecule has 1 saturated heterocycles. The standard InChI is InChI=1S/C25H31FN4O2/c1-17-21(24(31)28-15-18-10-12-20(26)13-11-18)16-27-23(29-17)22-9-5-6-14-30(22)25(32)19-7-3-2-4-8-19/h10-13,16,19,22H,2-9,14-15H2,1H3,(H,28,31). The Balaban J connectivity index is 1.45. The van der Waals surface area contributed by atoms with E-state index in [2.05, 4.69) is 15.3 Å². The molecule has 7 heteroatoms. The fraction of sp³-hybridized carbons (Fsp3) is 0.520. The number of hydrogen-bond donors (Lipinski definition) is 1. The summed E-state index contributed by atoms with van der Waals surface area (Å²) in [7, 11) is 0. The zero-order valence-electron chi connectivity index (χ0n) is 18.6. The largest absolute Gasteiger partial charge is 0.348 e. The first kappa shape index (κ1) is 22.4. The first-order valence-corrected chi connectivity index (χ1v) is 11.7. The summed E-state index contributed by atoms with van der Waals surface area (Å²) >= 11 is 0. The van der Waals surface area contributed by atoms with Crippen LogP contribution < -0.4 is 5.32 Å². The fourth-order valence-electron chi connectivity index (χ4n) is 4.80. The minimum absolute atomic E-state index is 0.117. The van der Waals surface area contributed by atoms with Crippen LogP contribution in [0, 0.1) is 18.7 Å². The molecule has 1 saturated carbocycles. The molecule has 6 nitrogen and oxygen atoms in total. The molecule has 1 atom stereocenters. The number of carbonyl (C=O) groups excluding carboxylic acids is 2. The molecule has 0 bridgehead atoms. The van der Waals surface area contributed by atoms with Gasteiger partial charge in [0.1, 0.15) is 5.82 Å². The van der Waals surface area contributed by atoms with E-state index < -0.39 is 0 Å². The number of rotatable bonds is 5. The number of benzene rings is 1. The van der Waals surface area contributed by atoms with Crippen molar-refractivity contribution in [2.75, 3.05) is 6.54 Å². The van der Waals surface area contributed by atoms with Gasteiger partial charge in [-0.15, -0.1) is 0 Å². The van der Waals surface area contributed by atoms with Gasteiger partial charge in [-0.25, -0.2) is 14.4 Å². The number of nitrogens with one attached hydrogen (secondary N) is 1. The summed E-state index contributed by atoms with van der Waals surface area (Å²) in [5.74, 6) is 0.427. The van der Waals surface area contributed by atoms with Crippen LogP contribution >= 0.6 is 0 Å². The monoisotopic (exact) mass is 438 g/mol. The molecule has 4 rings (SSSR count). The van der Waals surface area contributed by atoms with Crippen LogP contribution in [0.3, 0.4) is 0 Å². The van der Waals surface area contributed by atoms with Gasteiger partial charge in [-0.1, -0.05) is 31.4 Å². The van der Waals surface area contributed by atoms with Crippen LogP contribution in [-0.4, -0.2) is 33.2 Å². The van der Waals surface area contributed by atoms with E-state index in [1.807, 2.05) is 4.90 Å². The first-order chi connectivity index (χ1) is 15.5. The minimum Gasteiger partial charge on any atom is -0.348 e. The predicted octanol–water partition coefficient (Wildman–Crippen LogP) is 4.49. The Morgan fingerprint density at radius 2 is 1.78 bits per heavy atom. The maximum absolute atomic E-state index is 13.2. The number of hydrogen-bond acceptors (Lipinski definition) is 4. The van der Waals surface area contributed by atoms with Crippen molar-refractivity contribution in [2.45, 2.75) is 70.9 Å². The molecule has 1 N–H and O–H groups in total. The van der Waals surface area contributed by atoms with Gasteiger partial charge in [-0.3, -0.25) is 9.59 Å². The Hall–Kier alpha value is -2.83. The third-order valence-corrected chi connectivity index (χ3v) is 6.65. The lowest BCUT2D eigenvalue weighted by atomic mass is 9.87. The molecule has 1 aliphatic carbocycles. The molecule has 2 aromatic rings. The van der Waals surface area contributed by atoms with E-state index in [0.717, 1.165) is 57.1 Å². The molecule has 1 aliphatic heterocycles. The molecular weight excluding hydrogens is 407 g/mol. The van der Waals surface area contributed by atoms with Gasteiger partial charge in [0, 0.05) is 25.2 Å². The number of amides is 2. The van der Waals surface area contributed by atoms with Gasteiger partial charge in [0.05, 0.1) is 17.3 Å². The van der Waals surface area contributed by atoms with Crippen LogP contribution in [0.15, 0.2) is 30.5 Å². The Labute approximate surface area is 188 Å². The number of aryl methyl sites for hydroxylation is 1. The number of halogens is 1. The zero-order chi connectivity index (χ0) is 22.5. The van der Waals surface area contributed by atoms with Crippen molar-refractivity contribution >= 4 is 11.8 Å². The highest BCUT2D eigenvalue weighted by Crippen LogP contribution is 2.33. The van der Waals surface area contributed by atoms with E-state index in [0.29, 0.717) is 23.6 Å². The first-order valence-electron chi connectivity index (χ1n) is 11.7. The lowest BCUT2D eigenvalue weighted by molar-refractivity contribution is -0.140. The SMILES string of the molecule is Cc1nc(C2CCCCN2C(=O)C2CCCCC2)ncc1C(=O)NCc1ccc(F)cc1. The second-order valence-corrected chi connectivity index (χ2v) is 8.91. The maximum atomic E-state index is 13.2. The Morgan fingerprint density at radius 3 is 2.50 bits per heavy atom. The zero-order valence-corrected chi connectivity index (χ0v) is 18.6. The highest BCUT2D eigenvalue weighted by Gasteiger charge is 2.34. The van der Waals surface area contributed by atoms with Crippen molar-refractivity contribution in [3.63, 3.8) is 0 Å². The molecule has 2 heterocycles.